The number of aromatic amines is 1. The van der Waals surface area contributed by atoms with Gasteiger partial charge in [0.05, 0.1) is 17.2 Å². The predicted octanol–water partition coefficient (Wildman–Crippen LogP) is 3.91. The topological polar surface area (TPSA) is 87.7 Å². The molecule has 4 rings (SSSR count). The number of aromatic nitrogens is 2. The third-order valence-electron chi connectivity index (χ3n) is 4.78. The van der Waals surface area contributed by atoms with Gasteiger partial charge in [-0.3, -0.25) is 5.10 Å². The molecule has 128 valence electrons. The minimum absolute atomic E-state index is 0.107. The van der Waals surface area contributed by atoms with Crippen LogP contribution in [0.15, 0.2) is 60.0 Å². The zero-order chi connectivity index (χ0) is 18.3. The van der Waals surface area contributed by atoms with Crippen LogP contribution in [0.5, 0.6) is 5.88 Å². The average molecular weight is 342 g/mol. The zero-order valence-electron chi connectivity index (χ0n) is 14.6. The van der Waals surface area contributed by atoms with Crippen molar-refractivity contribution in [2.45, 2.75) is 19.8 Å². The minimum Gasteiger partial charge on any atom is -0.420 e. The second-order valence-corrected chi connectivity index (χ2v) is 6.46. The Labute approximate surface area is 151 Å². The van der Waals surface area contributed by atoms with Crippen LogP contribution in [0.4, 0.5) is 0 Å². The van der Waals surface area contributed by atoms with E-state index in [0.29, 0.717) is 11.5 Å². The molecular formula is C21H18N4O. The number of nitrogens with one attached hydrogen (secondary N) is 1. The SMILES string of the molecule is Cc1ccc(-c2[nH]nc3c2C(c2ccccc2C)C(C#N)=C(N)O3)cc1. The fourth-order valence-electron chi connectivity index (χ4n) is 3.41. The third-order valence-corrected chi connectivity index (χ3v) is 4.78. The number of allylic oxidation sites excluding steroid dienone is 1. The van der Waals surface area contributed by atoms with Gasteiger partial charge in [0.1, 0.15) is 11.6 Å². The maximum Gasteiger partial charge on any atom is 0.244 e. The highest BCUT2D eigenvalue weighted by Crippen LogP contribution is 2.46. The molecule has 26 heavy (non-hydrogen) atoms. The van der Waals surface area contributed by atoms with Crippen molar-refractivity contribution in [1.82, 2.24) is 10.2 Å². The molecule has 1 unspecified atom stereocenters. The van der Waals surface area contributed by atoms with E-state index in [1.807, 2.05) is 62.4 Å². The van der Waals surface area contributed by atoms with Crippen LogP contribution in [0.1, 0.15) is 28.2 Å². The van der Waals surface area contributed by atoms with Crippen LogP contribution >= 0.6 is 0 Å². The number of nitriles is 1. The molecule has 1 atom stereocenters. The first kappa shape index (κ1) is 16.0. The van der Waals surface area contributed by atoms with Gasteiger partial charge in [0.2, 0.25) is 11.8 Å². The summed E-state index contributed by atoms with van der Waals surface area (Å²) in [5, 5.41) is 17.1. The lowest BCUT2D eigenvalue weighted by atomic mass is 9.81. The van der Waals surface area contributed by atoms with Crippen LogP contribution in [0.2, 0.25) is 0 Å². The molecule has 0 spiro atoms. The first-order valence-corrected chi connectivity index (χ1v) is 8.38. The number of aryl methyl sites for hydroxylation is 2. The summed E-state index contributed by atoms with van der Waals surface area (Å²) in [6, 6.07) is 18.4. The van der Waals surface area contributed by atoms with Crippen molar-refractivity contribution in [3.8, 4) is 23.2 Å². The Morgan fingerprint density at radius 1 is 1.12 bits per heavy atom. The maximum absolute atomic E-state index is 9.75. The second-order valence-electron chi connectivity index (χ2n) is 6.46. The molecule has 1 aliphatic rings. The number of H-pyrrole nitrogens is 1. The van der Waals surface area contributed by atoms with Crippen molar-refractivity contribution < 1.29 is 4.74 Å². The molecular weight excluding hydrogens is 324 g/mol. The number of hydrogen-bond donors (Lipinski definition) is 2. The van der Waals surface area contributed by atoms with Gasteiger partial charge in [0, 0.05) is 5.56 Å². The minimum atomic E-state index is -0.319. The van der Waals surface area contributed by atoms with Gasteiger partial charge < -0.3 is 10.5 Å². The number of benzene rings is 2. The van der Waals surface area contributed by atoms with E-state index in [-0.39, 0.29) is 11.8 Å². The van der Waals surface area contributed by atoms with Crippen LogP contribution in [-0.2, 0) is 0 Å². The van der Waals surface area contributed by atoms with Gasteiger partial charge in [0.15, 0.2) is 0 Å². The van der Waals surface area contributed by atoms with E-state index in [0.717, 1.165) is 27.9 Å². The Morgan fingerprint density at radius 2 is 1.85 bits per heavy atom. The Balaban J connectivity index is 1.97. The van der Waals surface area contributed by atoms with Crippen LogP contribution in [0.3, 0.4) is 0 Å². The van der Waals surface area contributed by atoms with Crippen LogP contribution in [0.25, 0.3) is 11.3 Å². The summed E-state index contributed by atoms with van der Waals surface area (Å²) < 4.78 is 5.65. The molecule has 5 nitrogen and oxygen atoms in total. The number of ether oxygens (including phenoxy) is 1. The van der Waals surface area contributed by atoms with E-state index in [2.05, 4.69) is 16.3 Å². The van der Waals surface area contributed by atoms with Gasteiger partial charge >= 0.3 is 0 Å². The van der Waals surface area contributed by atoms with Gasteiger partial charge in [-0.2, -0.15) is 5.26 Å². The van der Waals surface area contributed by atoms with Crippen LogP contribution in [-0.4, -0.2) is 10.2 Å². The summed E-state index contributed by atoms with van der Waals surface area (Å²) in [5.41, 5.74) is 12.4. The quantitative estimate of drug-likeness (QED) is 0.739. The molecule has 0 bridgehead atoms. The molecule has 5 heteroatoms. The van der Waals surface area contributed by atoms with E-state index in [1.165, 1.54) is 5.56 Å². The summed E-state index contributed by atoms with van der Waals surface area (Å²) in [6.45, 7) is 4.07. The fourth-order valence-corrected chi connectivity index (χ4v) is 3.41. The molecule has 3 aromatic rings. The smallest absolute Gasteiger partial charge is 0.244 e. The highest BCUT2D eigenvalue weighted by atomic mass is 16.5. The highest BCUT2D eigenvalue weighted by molar-refractivity contribution is 5.71. The highest BCUT2D eigenvalue weighted by Gasteiger charge is 2.36. The summed E-state index contributed by atoms with van der Waals surface area (Å²) in [7, 11) is 0. The van der Waals surface area contributed by atoms with Crippen molar-refractivity contribution in [3.63, 3.8) is 0 Å². The molecule has 0 amide bonds. The molecule has 0 aliphatic carbocycles. The predicted molar refractivity (Wildman–Crippen MR) is 99.2 cm³/mol. The largest absolute Gasteiger partial charge is 0.420 e. The molecule has 0 saturated carbocycles. The van der Waals surface area contributed by atoms with Crippen molar-refractivity contribution in [3.05, 3.63) is 82.2 Å². The van der Waals surface area contributed by atoms with Gasteiger partial charge in [-0.1, -0.05) is 54.1 Å². The molecule has 0 fully saturated rings. The summed E-state index contributed by atoms with van der Waals surface area (Å²) in [6.07, 6.45) is 0. The first-order chi connectivity index (χ1) is 12.6. The van der Waals surface area contributed by atoms with E-state index in [1.54, 1.807) is 0 Å². The molecule has 1 aliphatic heterocycles. The van der Waals surface area contributed by atoms with Gasteiger partial charge in [-0.25, -0.2) is 0 Å². The van der Waals surface area contributed by atoms with Crippen LogP contribution in [0, 0.1) is 25.2 Å². The van der Waals surface area contributed by atoms with Crippen LogP contribution < -0.4 is 10.5 Å². The number of rotatable bonds is 2. The third kappa shape index (κ3) is 2.44. The van der Waals surface area contributed by atoms with Crippen molar-refractivity contribution >= 4 is 0 Å². The molecule has 2 aromatic carbocycles. The van der Waals surface area contributed by atoms with E-state index < -0.39 is 0 Å². The Hall–Kier alpha value is -3.52. The number of nitrogens with two attached hydrogens (primary N) is 1. The van der Waals surface area contributed by atoms with Gasteiger partial charge in [-0.05, 0) is 25.0 Å². The second kappa shape index (κ2) is 6.08. The van der Waals surface area contributed by atoms with E-state index >= 15 is 0 Å². The molecule has 1 aromatic heterocycles. The first-order valence-electron chi connectivity index (χ1n) is 8.38. The number of nitrogens with zero attached hydrogens (tertiary/aromatic N) is 2. The van der Waals surface area contributed by atoms with Gasteiger partial charge in [0.25, 0.3) is 0 Å². The molecule has 0 radical (unpaired) electrons. The normalized spacial score (nSPS) is 16.0. The van der Waals surface area contributed by atoms with E-state index in [9.17, 15) is 5.26 Å². The van der Waals surface area contributed by atoms with Crippen molar-refractivity contribution in [2.24, 2.45) is 5.73 Å². The van der Waals surface area contributed by atoms with Gasteiger partial charge in [-0.15, -0.1) is 5.10 Å². The molecule has 0 saturated heterocycles. The number of fused-ring (bicyclic) bond motifs is 1. The Morgan fingerprint density at radius 3 is 2.54 bits per heavy atom. The summed E-state index contributed by atoms with van der Waals surface area (Å²) in [5.74, 6) is 0.209. The molecule has 2 heterocycles. The monoisotopic (exact) mass is 342 g/mol. The van der Waals surface area contributed by atoms with E-state index in [4.69, 9.17) is 10.5 Å². The molecule has 3 N–H and O–H groups in total. The lowest BCUT2D eigenvalue weighted by Gasteiger charge is -2.25. The summed E-state index contributed by atoms with van der Waals surface area (Å²) in [4.78, 5) is 0. The zero-order valence-corrected chi connectivity index (χ0v) is 14.6. The Kier molecular flexibility index (Phi) is 3.74. The standard InChI is InChI=1S/C21H18N4O/c1-12-7-9-14(10-8-12)19-18-17(15-6-4-3-5-13(15)2)16(11-22)20(23)26-21(18)25-24-19/h3-10,17H,23H2,1-2H3,(H,24,25). The summed E-state index contributed by atoms with van der Waals surface area (Å²) >= 11 is 0. The lowest BCUT2D eigenvalue weighted by Crippen LogP contribution is -2.21. The lowest BCUT2D eigenvalue weighted by molar-refractivity contribution is 0.379. The fraction of sp³-hybridized carbons (Fsp3) is 0.143. The maximum atomic E-state index is 9.75. The Bertz CT molecular complexity index is 1050. The number of hydrogen-bond acceptors (Lipinski definition) is 4. The average Bonchev–Trinajstić information content (AvgIpc) is 3.05. The van der Waals surface area contributed by atoms with Crippen molar-refractivity contribution in [2.75, 3.05) is 0 Å². The van der Waals surface area contributed by atoms with Crippen molar-refractivity contribution in [1.29, 1.82) is 5.26 Å².